The van der Waals surface area contributed by atoms with Gasteiger partial charge in [-0.3, -0.25) is 0 Å². The number of halogens is 1. The molecule has 0 bridgehead atoms. The standard InChI is InChI=1S/C16H24FN/c1-3-7-18-11-13-5-4-6-16(13)14-8-12(2)9-15(17)10-14/h8-10,13,16,18H,3-7,11H2,1-2H3. The van der Waals surface area contributed by atoms with Crippen molar-refractivity contribution in [1.29, 1.82) is 0 Å². The molecule has 0 saturated heterocycles. The van der Waals surface area contributed by atoms with Crippen LogP contribution in [0.2, 0.25) is 0 Å². The Labute approximate surface area is 110 Å². The molecule has 2 unspecified atom stereocenters. The molecule has 2 heteroatoms. The van der Waals surface area contributed by atoms with E-state index >= 15 is 0 Å². The molecule has 0 aromatic heterocycles. The zero-order valence-corrected chi connectivity index (χ0v) is 11.5. The molecule has 1 aliphatic carbocycles. The molecule has 2 rings (SSSR count). The molecule has 0 radical (unpaired) electrons. The van der Waals surface area contributed by atoms with E-state index in [0.717, 1.165) is 18.7 Å². The van der Waals surface area contributed by atoms with Gasteiger partial charge in [-0.15, -0.1) is 0 Å². The van der Waals surface area contributed by atoms with Gasteiger partial charge >= 0.3 is 0 Å². The second-order valence-electron chi connectivity index (χ2n) is 5.56. The maximum absolute atomic E-state index is 13.5. The van der Waals surface area contributed by atoms with Crippen LogP contribution in [0.4, 0.5) is 4.39 Å². The summed E-state index contributed by atoms with van der Waals surface area (Å²) in [6, 6.07) is 5.50. The summed E-state index contributed by atoms with van der Waals surface area (Å²) in [5, 5.41) is 3.51. The van der Waals surface area contributed by atoms with Gasteiger partial charge in [-0.05, 0) is 74.4 Å². The SMILES string of the molecule is CCCNCC1CCCC1c1cc(C)cc(F)c1. The summed E-state index contributed by atoms with van der Waals surface area (Å²) in [5.74, 6) is 1.14. The van der Waals surface area contributed by atoms with Crippen LogP contribution in [-0.4, -0.2) is 13.1 Å². The van der Waals surface area contributed by atoms with E-state index in [0.29, 0.717) is 11.8 Å². The summed E-state index contributed by atoms with van der Waals surface area (Å²) >= 11 is 0. The minimum Gasteiger partial charge on any atom is -0.316 e. The van der Waals surface area contributed by atoms with Crippen molar-refractivity contribution in [3.8, 4) is 0 Å². The lowest BCUT2D eigenvalue weighted by molar-refractivity contribution is 0.443. The first-order chi connectivity index (χ1) is 8.70. The molecule has 0 heterocycles. The highest BCUT2D eigenvalue weighted by atomic mass is 19.1. The lowest BCUT2D eigenvalue weighted by Gasteiger charge is -2.21. The molecule has 100 valence electrons. The highest BCUT2D eigenvalue weighted by Crippen LogP contribution is 2.39. The highest BCUT2D eigenvalue weighted by Gasteiger charge is 2.28. The summed E-state index contributed by atoms with van der Waals surface area (Å²) < 4.78 is 13.5. The molecule has 0 aliphatic heterocycles. The fraction of sp³-hybridized carbons (Fsp3) is 0.625. The van der Waals surface area contributed by atoms with E-state index < -0.39 is 0 Å². The van der Waals surface area contributed by atoms with Crippen LogP contribution in [0.25, 0.3) is 0 Å². The van der Waals surface area contributed by atoms with Gasteiger partial charge in [0.2, 0.25) is 0 Å². The van der Waals surface area contributed by atoms with Crippen molar-refractivity contribution >= 4 is 0 Å². The number of rotatable bonds is 5. The average Bonchev–Trinajstić information content (AvgIpc) is 2.76. The monoisotopic (exact) mass is 249 g/mol. The van der Waals surface area contributed by atoms with E-state index in [1.165, 1.54) is 31.2 Å². The Hall–Kier alpha value is -0.890. The Morgan fingerprint density at radius 2 is 2.11 bits per heavy atom. The minimum absolute atomic E-state index is 0.0860. The smallest absolute Gasteiger partial charge is 0.123 e. The van der Waals surface area contributed by atoms with Gasteiger partial charge in [0.05, 0.1) is 0 Å². The summed E-state index contributed by atoms with van der Waals surface area (Å²) in [6.07, 6.45) is 4.94. The van der Waals surface area contributed by atoms with Crippen LogP contribution in [0.5, 0.6) is 0 Å². The quantitative estimate of drug-likeness (QED) is 0.777. The van der Waals surface area contributed by atoms with Crippen molar-refractivity contribution in [2.75, 3.05) is 13.1 Å². The lowest BCUT2D eigenvalue weighted by Crippen LogP contribution is -2.25. The third kappa shape index (κ3) is 3.32. The van der Waals surface area contributed by atoms with Crippen LogP contribution in [-0.2, 0) is 0 Å². The van der Waals surface area contributed by atoms with Gasteiger partial charge in [0, 0.05) is 0 Å². The Morgan fingerprint density at radius 1 is 1.28 bits per heavy atom. The second kappa shape index (κ2) is 6.33. The van der Waals surface area contributed by atoms with Crippen LogP contribution >= 0.6 is 0 Å². The molecule has 0 amide bonds. The van der Waals surface area contributed by atoms with Crippen LogP contribution < -0.4 is 5.32 Å². The van der Waals surface area contributed by atoms with Crippen molar-refractivity contribution in [1.82, 2.24) is 5.32 Å². The summed E-state index contributed by atoms with van der Waals surface area (Å²) in [5.41, 5.74) is 2.24. The first-order valence-electron chi connectivity index (χ1n) is 7.18. The van der Waals surface area contributed by atoms with Gasteiger partial charge in [-0.1, -0.05) is 19.4 Å². The lowest BCUT2D eigenvalue weighted by atomic mass is 9.88. The molecular weight excluding hydrogens is 225 g/mol. The minimum atomic E-state index is -0.0860. The Morgan fingerprint density at radius 3 is 2.83 bits per heavy atom. The van der Waals surface area contributed by atoms with Crippen molar-refractivity contribution in [3.05, 3.63) is 35.1 Å². The molecule has 1 aliphatic rings. The molecular formula is C16H24FN. The molecule has 2 atom stereocenters. The molecule has 18 heavy (non-hydrogen) atoms. The van der Waals surface area contributed by atoms with E-state index in [1.807, 2.05) is 6.92 Å². The third-order valence-electron chi connectivity index (χ3n) is 3.98. The van der Waals surface area contributed by atoms with E-state index in [-0.39, 0.29) is 5.82 Å². The number of nitrogens with one attached hydrogen (secondary N) is 1. The van der Waals surface area contributed by atoms with Crippen LogP contribution in [0.3, 0.4) is 0 Å². The Bertz CT molecular complexity index is 368. The first kappa shape index (κ1) is 13.5. The molecule has 1 aromatic carbocycles. The zero-order chi connectivity index (χ0) is 13.0. The number of hydrogen-bond acceptors (Lipinski definition) is 1. The highest BCUT2D eigenvalue weighted by molar-refractivity contribution is 5.28. The van der Waals surface area contributed by atoms with E-state index in [9.17, 15) is 4.39 Å². The first-order valence-corrected chi connectivity index (χ1v) is 7.18. The maximum Gasteiger partial charge on any atom is 0.123 e. The largest absolute Gasteiger partial charge is 0.316 e. The third-order valence-corrected chi connectivity index (χ3v) is 3.98. The second-order valence-corrected chi connectivity index (χ2v) is 5.56. The van der Waals surface area contributed by atoms with Crippen molar-refractivity contribution in [2.24, 2.45) is 5.92 Å². The van der Waals surface area contributed by atoms with Gasteiger partial charge in [0.25, 0.3) is 0 Å². The molecule has 1 fully saturated rings. The molecule has 1 N–H and O–H groups in total. The summed E-state index contributed by atoms with van der Waals surface area (Å²) in [4.78, 5) is 0. The number of hydrogen-bond donors (Lipinski definition) is 1. The van der Waals surface area contributed by atoms with Gasteiger partial charge in [-0.25, -0.2) is 4.39 Å². The molecule has 0 spiro atoms. The summed E-state index contributed by atoms with van der Waals surface area (Å²) in [7, 11) is 0. The van der Waals surface area contributed by atoms with E-state index in [2.05, 4.69) is 18.3 Å². The predicted octanol–water partition coefficient (Wildman–Crippen LogP) is 4.02. The van der Waals surface area contributed by atoms with Gasteiger partial charge in [-0.2, -0.15) is 0 Å². The zero-order valence-electron chi connectivity index (χ0n) is 11.5. The number of benzene rings is 1. The molecule has 1 nitrogen and oxygen atoms in total. The Kier molecular flexibility index (Phi) is 4.76. The van der Waals surface area contributed by atoms with E-state index in [1.54, 1.807) is 12.1 Å². The topological polar surface area (TPSA) is 12.0 Å². The van der Waals surface area contributed by atoms with Gasteiger partial charge in [0.15, 0.2) is 0 Å². The predicted molar refractivity (Wildman–Crippen MR) is 74.4 cm³/mol. The fourth-order valence-electron chi connectivity index (χ4n) is 3.16. The number of aryl methyl sites for hydroxylation is 1. The molecule has 1 aromatic rings. The fourth-order valence-corrected chi connectivity index (χ4v) is 3.16. The molecule has 1 saturated carbocycles. The van der Waals surface area contributed by atoms with Crippen LogP contribution in [0.1, 0.15) is 49.7 Å². The van der Waals surface area contributed by atoms with E-state index in [4.69, 9.17) is 0 Å². The van der Waals surface area contributed by atoms with Crippen molar-refractivity contribution < 1.29 is 4.39 Å². The van der Waals surface area contributed by atoms with Gasteiger partial charge < -0.3 is 5.32 Å². The van der Waals surface area contributed by atoms with Crippen LogP contribution in [0.15, 0.2) is 18.2 Å². The van der Waals surface area contributed by atoms with Gasteiger partial charge in [0.1, 0.15) is 5.82 Å². The Balaban J connectivity index is 2.05. The average molecular weight is 249 g/mol. The summed E-state index contributed by atoms with van der Waals surface area (Å²) in [6.45, 7) is 6.33. The maximum atomic E-state index is 13.5. The normalized spacial score (nSPS) is 23.5. The van der Waals surface area contributed by atoms with Crippen molar-refractivity contribution in [3.63, 3.8) is 0 Å². The van der Waals surface area contributed by atoms with Crippen LogP contribution in [0, 0.1) is 18.7 Å². The van der Waals surface area contributed by atoms with Crippen molar-refractivity contribution in [2.45, 2.75) is 45.4 Å².